The minimum atomic E-state index is 0. The number of nitrogen functional groups attached to an aromatic ring is 2. The standard InChI is InChI=1S/C8H8N4.CH4/c9-5-1-2-6-8(7(5)10)12-4-3-11-6;/h1-4H,9-10H2;1H4. The fourth-order valence-electron chi connectivity index (χ4n) is 1.07. The molecule has 0 saturated heterocycles. The summed E-state index contributed by atoms with van der Waals surface area (Å²) in [5.41, 5.74) is 13.8. The average molecular weight is 176 g/mol. The fourth-order valence-corrected chi connectivity index (χ4v) is 1.07. The topological polar surface area (TPSA) is 77.8 Å². The van der Waals surface area contributed by atoms with E-state index in [2.05, 4.69) is 9.97 Å². The maximum Gasteiger partial charge on any atom is 0.114 e. The highest BCUT2D eigenvalue weighted by atomic mass is 14.8. The van der Waals surface area contributed by atoms with Gasteiger partial charge in [-0.2, -0.15) is 0 Å². The van der Waals surface area contributed by atoms with Gasteiger partial charge in [-0.25, -0.2) is 0 Å². The summed E-state index contributed by atoms with van der Waals surface area (Å²) < 4.78 is 0. The van der Waals surface area contributed by atoms with Crippen LogP contribution < -0.4 is 11.5 Å². The molecule has 4 nitrogen and oxygen atoms in total. The van der Waals surface area contributed by atoms with Crippen LogP contribution in [0.1, 0.15) is 7.43 Å². The van der Waals surface area contributed by atoms with Crippen molar-refractivity contribution in [1.29, 1.82) is 0 Å². The molecule has 0 aliphatic carbocycles. The Morgan fingerprint density at radius 3 is 2.46 bits per heavy atom. The van der Waals surface area contributed by atoms with E-state index in [9.17, 15) is 0 Å². The summed E-state index contributed by atoms with van der Waals surface area (Å²) in [6, 6.07) is 3.53. The molecule has 0 aliphatic heterocycles. The molecule has 0 saturated carbocycles. The van der Waals surface area contributed by atoms with Crippen LogP contribution in [-0.4, -0.2) is 9.97 Å². The maximum atomic E-state index is 5.69. The Balaban J connectivity index is 0.000000845. The van der Waals surface area contributed by atoms with Gasteiger partial charge in [0.2, 0.25) is 0 Å². The van der Waals surface area contributed by atoms with E-state index in [4.69, 9.17) is 11.5 Å². The molecule has 4 heteroatoms. The van der Waals surface area contributed by atoms with E-state index in [1.807, 2.05) is 0 Å². The monoisotopic (exact) mass is 176 g/mol. The van der Waals surface area contributed by atoms with Crippen molar-refractivity contribution in [3.8, 4) is 0 Å². The molecular formula is C9H12N4. The largest absolute Gasteiger partial charge is 0.397 e. The van der Waals surface area contributed by atoms with Crippen molar-refractivity contribution >= 4 is 22.4 Å². The minimum absolute atomic E-state index is 0. The van der Waals surface area contributed by atoms with E-state index >= 15 is 0 Å². The zero-order valence-electron chi connectivity index (χ0n) is 6.36. The molecule has 0 amide bonds. The summed E-state index contributed by atoms with van der Waals surface area (Å²) in [5.74, 6) is 0. The fraction of sp³-hybridized carbons (Fsp3) is 0.111. The lowest BCUT2D eigenvalue weighted by Gasteiger charge is -2.01. The molecule has 1 aromatic heterocycles. The van der Waals surface area contributed by atoms with Crippen molar-refractivity contribution < 1.29 is 0 Å². The predicted molar refractivity (Wildman–Crippen MR) is 55.1 cm³/mol. The first-order valence-corrected chi connectivity index (χ1v) is 3.53. The van der Waals surface area contributed by atoms with Crippen molar-refractivity contribution in [2.75, 3.05) is 11.5 Å². The second-order valence-electron chi connectivity index (χ2n) is 2.49. The molecule has 0 fully saturated rings. The first kappa shape index (κ1) is 9.25. The molecule has 68 valence electrons. The number of anilines is 2. The van der Waals surface area contributed by atoms with Gasteiger partial charge in [-0.1, -0.05) is 7.43 Å². The van der Waals surface area contributed by atoms with Crippen LogP contribution in [0, 0.1) is 0 Å². The van der Waals surface area contributed by atoms with Gasteiger partial charge in [0.15, 0.2) is 0 Å². The third-order valence-corrected chi connectivity index (χ3v) is 1.71. The summed E-state index contributed by atoms with van der Waals surface area (Å²) in [5, 5.41) is 0. The highest BCUT2D eigenvalue weighted by Gasteiger charge is 2.01. The first-order chi connectivity index (χ1) is 5.79. The highest BCUT2D eigenvalue weighted by molar-refractivity contribution is 5.92. The number of rotatable bonds is 0. The zero-order chi connectivity index (χ0) is 8.55. The van der Waals surface area contributed by atoms with Gasteiger partial charge in [-0.3, -0.25) is 9.97 Å². The molecule has 4 N–H and O–H groups in total. The number of nitrogens with two attached hydrogens (primary N) is 2. The van der Waals surface area contributed by atoms with Crippen molar-refractivity contribution in [1.82, 2.24) is 9.97 Å². The van der Waals surface area contributed by atoms with Gasteiger partial charge >= 0.3 is 0 Å². The van der Waals surface area contributed by atoms with Gasteiger partial charge in [-0.05, 0) is 12.1 Å². The Bertz CT molecular complexity index is 425. The number of hydrogen-bond donors (Lipinski definition) is 2. The summed E-state index contributed by atoms with van der Waals surface area (Å²) >= 11 is 0. The normalized spacial score (nSPS) is 9.54. The molecule has 0 unspecified atom stereocenters. The summed E-state index contributed by atoms with van der Waals surface area (Å²) in [6.45, 7) is 0. The smallest absolute Gasteiger partial charge is 0.114 e. The van der Waals surface area contributed by atoms with Gasteiger partial charge in [0.05, 0.1) is 16.9 Å². The minimum Gasteiger partial charge on any atom is -0.397 e. The zero-order valence-corrected chi connectivity index (χ0v) is 6.36. The number of hydrogen-bond acceptors (Lipinski definition) is 4. The molecule has 0 spiro atoms. The number of nitrogens with zero attached hydrogens (tertiary/aromatic N) is 2. The number of benzene rings is 1. The Labute approximate surface area is 76.6 Å². The van der Waals surface area contributed by atoms with E-state index in [1.54, 1.807) is 24.5 Å². The molecule has 0 aliphatic rings. The maximum absolute atomic E-state index is 5.69. The van der Waals surface area contributed by atoms with E-state index in [0.29, 0.717) is 16.9 Å². The van der Waals surface area contributed by atoms with E-state index in [0.717, 1.165) is 5.52 Å². The molecule has 1 aromatic carbocycles. The molecule has 13 heavy (non-hydrogen) atoms. The molecule has 2 aromatic rings. The van der Waals surface area contributed by atoms with Gasteiger partial charge < -0.3 is 11.5 Å². The SMILES string of the molecule is C.Nc1ccc2nccnc2c1N. The van der Waals surface area contributed by atoms with Crippen LogP contribution in [0.15, 0.2) is 24.5 Å². The number of aromatic nitrogens is 2. The Morgan fingerprint density at radius 1 is 1.00 bits per heavy atom. The summed E-state index contributed by atoms with van der Waals surface area (Å²) in [4.78, 5) is 8.16. The summed E-state index contributed by atoms with van der Waals surface area (Å²) in [6.07, 6.45) is 3.22. The van der Waals surface area contributed by atoms with Crippen LogP contribution in [0.4, 0.5) is 11.4 Å². The van der Waals surface area contributed by atoms with Gasteiger partial charge in [0.1, 0.15) is 5.52 Å². The van der Waals surface area contributed by atoms with Crippen molar-refractivity contribution in [2.45, 2.75) is 7.43 Å². The van der Waals surface area contributed by atoms with Crippen molar-refractivity contribution in [2.24, 2.45) is 0 Å². The molecule has 0 atom stereocenters. The Hall–Kier alpha value is -1.84. The average Bonchev–Trinajstić information content (AvgIpc) is 2.12. The van der Waals surface area contributed by atoms with Crippen LogP contribution in [0.3, 0.4) is 0 Å². The quantitative estimate of drug-likeness (QED) is 0.595. The third kappa shape index (κ3) is 1.38. The van der Waals surface area contributed by atoms with Crippen LogP contribution >= 0.6 is 0 Å². The van der Waals surface area contributed by atoms with Crippen LogP contribution in [-0.2, 0) is 0 Å². The molecule has 2 rings (SSSR count). The third-order valence-electron chi connectivity index (χ3n) is 1.71. The van der Waals surface area contributed by atoms with E-state index in [-0.39, 0.29) is 7.43 Å². The lowest BCUT2D eigenvalue weighted by molar-refractivity contribution is 1.30. The molecule has 1 heterocycles. The van der Waals surface area contributed by atoms with E-state index in [1.165, 1.54) is 0 Å². The Kier molecular flexibility index (Phi) is 2.32. The molecule has 0 bridgehead atoms. The lowest BCUT2D eigenvalue weighted by Crippen LogP contribution is -1.97. The number of fused-ring (bicyclic) bond motifs is 1. The van der Waals surface area contributed by atoms with Gasteiger partial charge in [-0.15, -0.1) is 0 Å². The van der Waals surface area contributed by atoms with Gasteiger partial charge in [0.25, 0.3) is 0 Å². The van der Waals surface area contributed by atoms with Gasteiger partial charge in [0, 0.05) is 12.4 Å². The van der Waals surface area contributed by atoms with Crippen molar-refractivity contribution in [3.63, 3.8) is 0 Å². The molecule has 0 radical (unpaired) electrons. The first-order valence-electron chi connectivity index (χ1n) is 3.53. The lowest BCUT2D eigenvalue weighted by atomic mass is 10.2. The predicted octanol–water partition coefficient (Wildman–Crippen LogP) is 1.43. The summed E-state index contributed by atoms with van der Waals surface area (Å²) in [7, 11) is 0. The second-order valence-corrected chi connectivity index (χ2v) is 2.49. The van der Waals surface area contributed by atoms with Crippen LogP contribution in [0.5, 0.6) is 0 Å². The highest BCUT2D eigenvalue weighted by Crippen LogP contribution is 2.22. The second kappa shape index (κ2) is 3.26. The molecular weight excluding hydrogens is 164 g/mol. The van der Waals surface area contributed by atoms with Crippen LogP contribution in [0.2, 0.25) is 0 Å². The van der Waals surface area contributed by atoms with Crippen molar-refractivity contribution in [3.05, 3.63) is 24.5 Å². The Morgan fingerprint density at radius 2 is 1.69 bits per heavy atom. The van der Waals surface area contributed by atoms with Crippen LogP contribution in [0.25, 0.3) is 11.0 Å². The van der Waals surface area contributed by atoms with E-state index < -0.39 is 0 Å².